The van der Waals surface area contributed by atoms with Crippen molar-refractivity contribution in [1.29, 1.82) is 0 Å². The molecule has 1 aliphatic rings. The number of carbonyl (C=O) groups excluding carboxylic acids is 1. The number of aliphatic hydroxyl groups excluding tert-OH is 4. The van der Waals surface area contributed by atoms with E-state index < -0.39 is 54.4 Å². The number of rotatable bonds is 7. The monoisotopic (exact) mass is 557 g/mol. The first-order chi connectivity index (χ1) is 14.7. The van der Waals surface area contributed by atoms with Crippen LogP contribution in [0.1, 0.15) is 27.6 Å². The van der Waals surface area contributed by atoms with Crippen LogP contribution in [0.5, 0.6) is 0 Å². The van der Waals surface area contributed by atoms with Gasteiger partial charge in [0.15, 0.2) is 0 Å². The zero-order chi connectivity index (χ0) is 22.8. The van der Waals surface area contributed by atoms with Gasteiger partial charge in [-0.3, -0.25) is 0 Å². The molecule has 1 aromatic carbocycles. The fraction of sp³-hybridized carbons (Fsp3) is 0.450. The van der Waals surface area contributed by atoms with Gasteiger partial charge in [-0.1, -0.05) is 0 Å². The predicted octanol–water partition coefficient (Wildman–Crippen LogP) is -0.129. The van der Waals surface area contributed by atoms with E-state index in [1.807, 2.05) is 12.1 Å². The Balaban J connectivity index is 1.83. The molecular formula is C20H23F2NO7Te. The summed E-state index contributed by atoms with van der Waals surface area (Å²) in [6, 6.07) is 7.16. The Kier molecular flexibility index (Phi) is 7.83. The number of aliphatic hydroxyl groups is 5. The van der Waals surface area contributed by atoms with E-state index in [2.05, 4.69) is 9.40 Å². The molecule has 6 N–H and O–H groups in total. The number of halogens is 2. The molecule has 3 rings (SSSR count). The third kappa shape index (κ3) is 5.16. The van der Waals surface area contributed by atoms with Crippen molar-refractivity contribution in [2.45, 2.75) is 49.5 Å². The molecule has 0 aliphatic carbocycles. The summed E-state index contributed by atoms with van der Waals surface area (Å²) in [5.41, 5.74) is -1.23. The molecule has 31 heavy (non-hydrogen) atoms. The minimum atomic E-state index is -3.12. The molecule has 1 amide bonds. The van der Waals surface area contributed by atoms with Gasteiger partial charge in [0.1, 0.15) is 6.10 Å². The first-order valence-electron chi connectivity index (χ1n) is 9.47. The first kappa shape index (κ1) is 24.2. The van der Waals surface area contributed by atoms with Crippen molar-refractivity contribution in [1.82, 2.24) is 0 Å². The number of nitrogens with one attached hydrogen (secondary N) is 1. The van der Waals surface area contributed by atoms with Gasteiger partial charge in [0.05, 0.1) is 6.61 Å². The van der Waals surface area contributed by atoms with Crippen molar-refractivity contribution in [3.63, 3.8) is 0 Å². The van der Waals surface area contributed by atoms with Gasteiger partial charge in [0.25, 0.3) is 0 Å². The molecule has 170 valence electrons. The normalized spacial score (nSPS) is 28.6. The van der Waals surface area contributed by atoms with Gasteiger partial charge in [-0.15, -0.1) is 0 Å². The predicted molar refractivity (Wildman–Crippen MR) is 106 cm³/mol. The Morgan fingerprint density at radius 1 is 1.23 bits per heavy atom. The Morgan fingerprint density at radius 3 is 2.58 bits per heavy atom. The zero-order valence-electron chi connectivity index (χ0n) is 16.2. The standard InChI is InChI=1S/C20H23F2NO7Te/c21-19(22)12-8-10(23-15(25)6-4-11-2-1-7-31-11)3-5-13(12)20(29)18(28)17(27)16(26)14(9-24)30-20/h1-3,5,7-8,14,16-19,24,26-29H,4,6,9H2,(H,23,25)/t14-,16+,17+,18-,20-/m1/s1. The summed E-state index contributed by atoms with van der Waals surface area (Å²) in [7, 11) is 0. The van der Waals surface area contributed by atoms with Crippen LogP contribution in [-0.2, 0) is 21.7 Å². The van der Waals surface area contributed by atoms with Crippen LogP contribution >= 0.6 is 0 Å². The topological polar surface area (TPSA) is 139 Å². The van der Waals surface area contributed by atoms with Gasteiger partial charge in [0.2, 0.25) is 0 Å². The molecule has 1 fully saturated rings. The van der Waals surface area contributed by atoms with Gasteiger partial charge in [-0.05, 0) is 0 Å². The van der Waals surface area contributed by atoms with E-state index in [0.29, 0.717) is 6.42 Å². The number of hydrogen-bond donors (Lipinski definition) is 6. The molecule has 1 saturated heterocycles. The van der Waals surface area contributed by atoms with Crippen molar-refractivity contribution in [3.05, 3.63) is 49.1 Å². The summed E-state index contributed by atoms with van der Waals surface area (Å²) in [5, 5.41) is 52.7. The second kappa shape index (κ2) is 10.0. The van der Waals surface area contributed by atoms with Crippen LogP contribution in [0.15, 0.2) is 34.4 Å². The van der Waals surface area contributed by atoms with Gasteiger partial charge in [-0.2, -0.15) is 0 Å². The number of amides is 1. The maximum atomic E-state index is 13.8. The average molecular weight is 555 g/mol. The molecule has 0 spiro atoms. The quantitative estimate of drug-likeness (QED) is 0.262. The number of anilines is 1. The maximum absolute atomic E-state index is 13.8. The minimum absolute atomic E-state index is 0.0622. The Bertz CT molecular complexity index is 896. The second-order valence-electron chi connectivity index (χ2n) is 7.19. The van der Waals surface area contributed by atoms with Crippen LogP contribution in [0.3, 0.4) is 0 Å². The van der Waals surface area contributed by atoms with Crippen LogP contribution in [0.25, 0.3) is 0 Å². The van der Waals surface area contributed by atoms with Gasteiger partial charge in [-0.25, -0.2) is 0 Å². The molecule has 1 aliphatic heterocycles. The summed E-state index contributed by atoms with van der Waals surface area (Å²) >= 11 is -0.360. The van der Waals surface area contributed by atoms with Crippen molar-refractivity contribution in [2.24, 2.45) is 0 Å². The Morgan fingerprint density at radius 2 is 1.97 bits per heavy atom. The molecule has 0 radical (unpaired) electrons. The van der Waals surface area contributed by atoms with E-state index in [0.717, 1.165) is 12.1 Å². The molecule has 0 saturated carbocycles. The summed E-state index contributed by atoms with van der Waals surface area (Å²) in [4.78, 5) is 12.2. The van der Waals surface area contributed by atoms with E-state index in [9.17, 15) is 39.1 Å². The number of ether oxygens (including phenoxy) is 1. The molecule has 11 heteroatoms. The summed E-state index contributed by atoms with van der Waals surface area (Å²) in [5.74, 6) is -3.17. The second-order valence-corrected chi connectivity index (χ2v) is 10.1. The molecule has 2 aromatic rings. The Hall–Kier alpha value is -1.42. The van der Waals surface area contributed by atoms with Crippen molar-refractivity contribution in [2.75, 3.05) is 11.9 Å². The van der Waals surface area contributed by atoms with Crippen molar-refractivity contribution in [3.8, 4) is 0 Å². The SMILES string of the molecule is O=C(CCc1ccc[te]1)Nc1ccc([C@@]2(O)O[C@H](CO)[C@H](O)[C@H](O)[C@H]2O)c(C(F)F)c1. The van der Waals surface area contributed by atoms with Gasteiger partial charge < -0.3 is 15.3 Å². The molecule has 0 unspecified atom stereocenters. The third-order valence-electron chi connectivity index (χ3n) is 5.10. The average Bonchev–Trinajstić information content (AvgIpc) is 3.27. The van der Waals surface area contributed by atoms with E-state index in [4.69, 9.17) is 4.74 Å². The van der Waals surface area contributed by atoms with Gasteiger partial charge in [0, 0.05) is 0 Å². The summed E-state index contributed by atoms with van der Waals surface area (Å²) < 4.78 is 36.0. The number of aryl methyl sites for hydroxylation is 1. The summed E-state index contributed by atoms with van der Waals surface area (Å²) in [6.45, 7) is -0.833. The van der Waals surface area contributed by atoms with Crippen LogP contribution in [-0.4, -0.2) is 82.9 Å². The number of alkyl halides is 2. The van der Waals surface area contributed by atoms with Gasteiger partial charge >= 0.3 is 158 Å². The van der Waals surface area contributed by atoms with E-state index in [1.165, 1.54) is 9.65 Å². The van der Waals surface area contributed by atoms with E-state index in [-0.39, 0.29) is 38.4 Å². The number of benzene rings is 1. The number of hydrogen-bond acceptors (Lipinski definition) is 7. The molecule has 2 heterocycles. The van der Waals surface area contributed by atoms with Crippen molar-refractivity contribution < 1.29 is 43.8 Å². The molecule has 5 atom stereocenters. The fourth-order valence-electron chi connectivity index (χ4n) is 3.44. The third-order valence-corrected chi connectivity index (χ3v) is 7.77. The Labute approximate surface area is 186 Å². The molecule has 1 aromatic heterocycles. The first-order valence-corrected chi connectivity index (χ1v) is 12.0. The van der Waals surface area contributed by atoms with E-state index >= 15 is 0 Å². The van der Waals surface area contributed by atoms with Crippen LogP contribution in [0.4, 0.5) is 14.5 Å². The fourth-order valence-corrected chi connectivity index (χ4v) is 5.46. The summed E-state index contributed by atoms with van der Waals surface area (Å²) in [6.07, 6.45) is -9.72. The zero-order valence-corrected chi connectivity index (χ0v) is 18.5. The molecular weight excluding hydrogens is 532 g/mol. The number of carbonyl (C=O) groups is 1. The van der Waals surface area contributed by atoms with E-state index in [1.54, 1.807) is 0 Å². The molecule has 0 bridgehead atoms. The van der Waals surface area contributed by atoms with Crippen LogP contribution < -0.4 is 5.32 Å². The van der Waals surface area contributed by atoms with Crippen molar-refractivity contribution >= 4 is 32.0 Å². The van der Waals surface area contributed by atoms with Crippen LogP contribution in [0, 0.1) is 0 Å². The molecule has 8 nitrogen and oxygen atoms in total. The van der Waals surface area contributed by atoms with Crippen LogP contribution in [0.2, 0.25) is 0 Å².